The summed E-state index contributed by atoms with van der Waals surface area (Å²) in [6.07, 6.45) is 5.04. The minimum Gasteiger partial charge on any atom is -0.322 e. The Morgan fingerprint density at radius 2 is 2.00 bits per heavy atom. The highest BCUT2D eigenvalue weighted by atomic mass is 15.2. The molecule has 2 N–H and O–H groups in total. The summed E-state index contributed by atoms with van der Waals surface area (Å²) >= 11 is 0. The maximum Gasteiger partial charge on any atom is 0.0484 e. The molecule has 0 aromatic heterocycles. The Morgan fingerprint density at radius 3 is 2.60 bits per heavy atom. The van der Waals surface area contributed by atoms with Crippen molar-refractivity contribution in [2.45, 2.75) is 58.0 Å². The van der Waals surface area contributed by atoms with Crippen molar-refractivity contribution in [1.29, 1.82) is 0 Å². The second kappa shape index (κ2) is 5.87. The monoisotopic (exact) mass is 274 g/mol. The van der Waals surface area contributed by atoms with Crippen molar-refractivity contribution in [1.82, 2.24) is 4.90 Å². The molecule has 2 nitrogen and oxygen atoms in total. The van der Waals surface area contributed by atoms with Gasteiger partial charge in [0.15, 0.2) is 0 Å². The standard InChI is InChI=1S/C18H30N2/c1-13-8-9-15(3)16(11-13)17(19)18(20(4)5)10-6-7-14(2)12-18/h8-9,11,14,17H,6-7,10,12,19H2,1-5H3. The Kier molecular flexibility index (Phi) is 4.55. The van der Waals surface area contributed by atoms with Crippen LogP contribution in [0.5, 0.6) is 0 Å². The van der Waals surface area contributed by atoms with E-state index in [0.717, 1.165) is 5.92 Å². The van der Waals surface area contributed by atoms with Gasteiger partial charge in [-0.2, -0.15) is 0 Å². The topological polar surface area (TPSA) is 29.3 Å². The van der Waals surface area contributed by atoms with Gasteiger partial charge in [0.1, 0.15) is 0 Å². The van der Waals surface area contributed by atoms with Gasteiger partial charge in [-0.05, 0) is 57.8 Å². The number of hydrogen-bond acceptors (Lipinski definition) is 2. The van der Waals surface area contributed by atoms with E-state index in [2.05, 4.69) is 58.0 Å². The van der Waals surface area contributed by atoms with Gasteiger partial charge in [0.25, 0.3) is 0 Å². The van der Waals surface area contributed by atoms with Crippen LogP contribution >= 0.6 is 0 Å². The normalized spacial score (nSPS) is 28.6. The summed E-state index contributed by atoms with van der Waals surface area (Å²) in [6, 6.07) is 6.77. The van der Waals surface area contributed by atoms with Gasteiger partial charge < -0.3 is 10.6 Å². The van der Waals surface area contributed by atoms with E-state index in [4.69, 9.17) is 5.73 Å². The Morgan fingerprint density at radius 1 is 1.30 bits per heavy atom. The quantitative estimate of drug-likeness (QED) is 0.908. The second-order valence-electron chi connectivity index (χ2n) is 7.04. The van der Waals surface area contributed by atoms with Gasteiger partial charge in [-0.3, -0.25) is 0 Å². The van der Waals surface area contributed by atoms with E-state index in [1.165, 1.54) is 42.4 Å². The van der Waals surface area contributed by atoms with Crippen molar-refractivity contribution in [3.8, 4) is 0 Å². The van der Waals surface area contributed by atoms with Gasteiger partial charge in [0, 0.05) is 11.6 Å². The molecule has 1 aromatic carbocycles. The molecular weight excluding hydrogens is 244 g/mol. The zero-order chi connectivity index (χ0) is 14.9. The van der Waals surface area contributed by atoms with Gasteiger partial charge in [-0.1, -0.05) is 43.5 Å². The van der Waals surface area contributed by atoms with Crippen LogP contribution in [0.4, 0.5) is 0 Å². The third-order valence-electron chi connectivity index (χ3n) is 5.25. The van der Waals surface area contributed by atoms with Crippen LogP contribution < -0.4 is 5.73 Å². The maximum atomic E-state index is 6.80. The van der Waals surface area contributed by atoms with Gasteiger partial charge in [-0.15, -0.1) is 0 Å². The molecular formula is C18H30N2. The summed E-state index contributed by atoms with van der Waals surface area (Å²) in [7, 11) is 4.39. The van der Waals surface area contributed by atoms with Gasteiger partial charge in [0.2, 0.25) is 0 Å². The summed E-state index contributed by atoms with van der Waals surface area (Å²) in [5, 5.41) is 0. The number of benzene rings is 1. The molecule has 1 saturated carbocycles. The van der Waals surface area contributed by atoms with Crippen LogP contribution in [0.2, 0.25) is 0 Å². The van der Waals surface area contributed by atoms with Crippen LogP contribution in [-0.4, -0.2) is 24.5 Å². The second-order valence-corrected chi connectivity index (χ2v) is 7.04. The highest BCUT2D eigenvalue weighted by Crippen LogP contribution is 2.43. The molecule has 0 heterocycles. The first-order chi connectivity index (χ1) is 9.36. The highest BCUT2D eigenvalue weighted by molar-refractivity contribution is 5.35. The number of nitrogens with two attached hydrogens (primary N) is 1. The van der Waals surface area contributed by atoms with Crippen LogP contribution in [0, 0.1) is 19.8 Å². The molecule has 20 heavy (non-hydrogen) atoms. The minimum atomic E-state index is 0.0974. The fourth-order valence-corrected chi connectivity index (χ4v) is 3.92. The van der Waals surface area contributed by atoms with Crippen LogP contribution in [0.1, 0.15) is 55.3 Å². The summed E-state index contributed by atoms with van der Waals surface area (Å²) in [5.74, 6) is 0.766. The third-order valence-corrected chi connectivity index (χ3v) is 5.25. The smallest absolute Gasteiger partial charge is 0.0484 e. The molecule has 2 rings (SSSR count). The van der Waals surface area contributed by atoms with Gasteiger partial charge in [-0.25, -0.2) is 0 Å². The van der Waals surface area contributed by atoms with Gasteiger partial charge >= 0.3 is 0 Å². The summed E-state index contributed by atoms with van der Waals surface area (Å²) in [4.78, 5) is 2.38. The summed E-state index contributed by atoms with van der Waals surface area (Å²) in [6.45, 7) is 6.71. The molecule has 3 atom stereocenters. The lowest BCUT2D eigenvalue weighted by Gasteiger charge is -2.49. The highest BCUT2D eigenvalue weighted by Gasteiger charge is 2.43. The molecule has 3 unspecified atom stereocenters. The van der Waals surface area contributed by atoms with Crippen molar-refractivity contribution >= 4 is 0 Å². The fourth-order valence-electron chi connectivity index (χ4n) is 3.92. The first kappa shape index (κ1) is 15.5. The lowest BCUT2D eigenvalue weighted by molar-refractivity contribution is 0.0497. The first-order valence-electron chi connectivity index (χ1n) is 7.87. The summed E-state index contributed by atoms with van der Waals surface area (Å²) in [5.41, 5.74) is 10.9. The largest absolute Gasteiger partial charge is 0.322 e. The molecule has 0 aliphatic heterocycles. The lowest BCUT2D eigenvalue weighted by atomic mass is 9.69. The van der Waals surface area contributed by atoms with Crippen molar-refractivity contribution in [2.75, 3.05) is 14.1 Å². The Labute approximate surface area is 124 Å². The third kappa shape index (κ3) is 2.77. The Balaban J connectivity index is 2.41. The zero-order valence-electron chi connectivity index (χ0n) is 13.7. The summed E-state index contributed by atoms with van der Waals surface area (Å²) < 4.78 is 0. The molecule has 1 aromatic rings. The van der Waals surface area contributed by atoms with Crippen molar-refractivity contribution < 1.29 is 0 Å². The molecule has 112 valence electrons. The SMILES string of the molecule is Cc1ccc(C)c(C(N)C2(N(C)C)CCCC(C)C2)c1. The number of aryl methyl sites for hydroxylation is 2. The van der Waals surface area contributed by atoms with Crippen LogP contribution in [-0.2, 0) is 0 Å². The minimum absolute atomic E-state index is 0.0974. The molecule has 1 aliphatic rings. The van der Waals surface area contributed by atoms with E-state index >= 15 is 0 Å². The van der Waals surface area contributed by atoms with Gasteiger partial charge in [0.05, 0.1) is 0 Å². The van der Waals surface area contributed by atoms with E-state index in [1.807, 2.05) is 0 Å². The number of likely N-dealkylation sites (N-methyl/N-ethyl adjacent to an activating group) is 1. The molecule has 1 aliphatic carbocycles. The van der Waals surface area contributed by atoms with Crippen LogP contribution in [0.3, 0.4) is 0 Å². The van der Waals surface area contributed by atoms with E-state index in [1.54, 1.807) is 0 Å². The van der Waals surface area contributed by atoms with Crippen molar-refractivity contribution in [3.63, 3.8) is 0 Å². The van der Waals surface area contributed by atoms with Crippen LogP contribution in [0.15, 0.2) is 18.2 Å². The molecule has 0 bridgehead atoms. The number of rotatable bonds is 3. The van der Waals surface area contributed by atoms with E-state index in [-0.39, 0.29) is 11.6 Å². The Bertz CT molecular complexity index is 466. The Hall–Kier alpha value is -0.860. The molecule has 0 amide bonds. The van der Waals surface area contributed by atoms with E-state index < -0.39 is 0 Å². The molecule has 2 heteroatoms. The fraction of sp³-hybridized carbons (Fsp3) is 0.667. The number of nitrogens with zero attached hydrogens (tertiary/aromatic N) is 1. The average Bonchev–Trinajstić information content (AvgIpc) is 2.40. The number of hydrogen-bond donors (Lipinski definition) is 1. The predicted octanol–water partition coefficient (Wildman–Crippen LogP) is 3.81. The molecule has 0 radical (unpaired) electrons. The van der Waals surface area contributed by atoms with Crippen LogP contribution in [0.25, 0.3) is 0 Å². The van der Waals surface area contributed by atoms with E-state index in [9.17, 15) is 0 Å². The first-order valence-corrected chi connectivity index (χ1v) is 7.87. The van der Waals surface area contributed by atoms with Crippen molar-refractivity contribution in [2.24, 2.45) is 11.7 Å². The lowest BCUT2D eigenvalue weighted by Crippen LogP contribution is -2.54. The molecule has 1 fully saturated rings. The maximum absolute atomic E-state index is 6.80. The van der Waals surface area contributed by atoms with E-state index in [0.29, 0.717) is 0 Å². The molecule has 0 saturated heterocycles. The molecule has 0 spiro atoms. The van der Waals surface area contributed by atoms with Crippen molar-refractivity contribution in [3.05, 3.63) is 34.9 Å². The predicted molar refractivity (Wildman–Crippen MR) is 86.9 cm³/mol. The average molecular weight is 274 g/mol. The zero-order valence-corrected chi connectivity index (χ0v) is 13.7.